The summed E-state index contributed by atoms with van der Waals surface area (Å²) >= 11 is 2.23. The predicted octanol–water partition coefficient (Wildman–Crippen LogP) is 5.23. The minimum absolute atomic E-state index is 0.108. The van der Waals surface area contributed by atoms with Crippen molar-refractivity contribution < 1.29 is 14.0 Å². The van der Waals surface area contributed by atoms with Gasteiger partial charge >= 0.3 is 5.97 Å². The Balaban J connectivity index is 4.45. The van der Waals surface area contributed by atoms with Gasteiger partial charge in [-0.15, -0.1) is 0 Å². The number of carbonyl (C=O) groups is 1. The summed E-state index contributed by atoms with van der Waals surface area (Å²) in [6.45, 7) is 11.3. The van der Waals surface area contributed by atoms with Gasteiger partial charge in [-0.2, -0.15) is 0 Å². The zero-order valence-electron chi connectivity index (χ0n) is 14.1. The molecule has 1 atom stereocenters. The largest absolute Gasteiger partial charge is 0.469 e. The fraction of sp³-hybridized carbons (Fsp3) is 0.688. The van der Waals surface area contributed by atoms with Crippen LogP contribution in [0.3, 0.4) is 0 Å². The van der Waals surface area contributed by atoms with Crippen molar-refractivity contribution in [2.45, 2.75) is 64.3 Å². The molecule has 0 fully saturated rings. The monoisotopic (exact) mass is 424 g/mol. The number of ether oxygens (including phenoxy) is 1. The van der Waals surface area contributed by atoms with Gasteiger partial charge in [-0.1, -0.05) is 61.6 Å². The lowest BCUT2D eigenvalue weighted by Crippen LogP contribution is -2.43. The van der Waals surface area contributed by atoms with Gasteiger partial charge in [0.1, 0.15) is 0 Å². The lowest BCUT2D eigenvalue weighted by Gasteiger charge is -2.38. The molecule has 122 valence electrons. The van der Waals surface area contributed by atoms with Crippen LogP contribution in [0.15, 0.2) is 22.3 Å². The van der Waals surface area contributed by atoms with Crippen LogP contribution in [0, 0.1) is 0 Å². The Morgan fingerprint density at radius 3 is 2.38 bits per heavy atom. The van der Waals surface area contributed by atoms with Gasteiger partial charge in [-0.3, -0.25) is 4.79 Å². The molecule has 0 radical (unpaired) electrons. The molecule has 0 bridgehead atoms. The van der Waals surface area contributed by atoms with Crippen molar-refractivity contribution in [1.29, 1.82) is 0 Å². The van der Waals surface area contributed by atoms with Crippen LogP contribution in [0.4, 0.5) is 0 Å². The molecule has 0 aromatic heterocycles. The maximum absolute atomic E-state index is 11.0. The van der Waals surface area contributed by atoms with Gasteiger partial charge in [0.15, 0.2) is 8.32 Å². The summed E-state index contributed by atoms with van der Waals surface area (Å²) in [5.74, 6) is -0.166. The molecule has 0 heterocycles. The average molecular weight is 424 g/mol. The Morgan fingerprint density at radius 1 is 1.29 bits per heavy atom. The first-order valence-corrected chi connectivity index (χ1v) is 11.5. The second-order valence-electron chi connectivity index (χ2n) is 6.56. The molecule has 0 saturated carbocycles. The van der Waals surface area contributed by atoms with Crippen LogP contribution in [0.25, 0.3) is 0 Å². The van der Waals surface area contributed by atoms with Crippen LogP contribution < -0.4 is 0 Å². The smallest absolute Gasteiger partial charge is 0.305 e. The molecule has 21 heavy (non-hydrogen) atoms. The predicted molar refractivity (Wildman–Crippen MR) is 100 cm³/mol. The average Bonchev–Trinajstić information content (AvgIpc) is 2.36. The SMILES string of the molecule is COC(=O)CC/C=C/CC(/C=C/I)O[Si](C)(C)C(C)(C)C. The summed E-state index contributed by atoms with van der Waals surface area (Å²) < 4.78 is 13.0. The lowest BCUT2D eigenvalue weighted by atomic mass is 10.2. The van der Waals surface area contributed by atoms with Crippen molar-refractivity contribution in [3.63, 3.8) is 0 Å². The van der Waals surface area contributed by atoms with Gasteiger partial charge < -0.3 is 9.16 Å². The molecule has 0 aliphatic carbocycles. The standard InChI is InChI=1S/C16H29IO3Si/c1-16(2,3)21(5,6)20-14(12-13-17)10-8-7-9-11-15(18)19-4/h7-8,12-14H,9-11H2,1-6H3/b8-7+,13-12+. The first-order valence-electron chi connectivity index (χ1n) is 7.30. The van der Waals surface area contributed by atoms with E-state index in [0.29, 0.717) is 12.8 Å². The molecule has 5 heteroatoms. The number of allylic oxidation sites excluding steroid dienone is 1. The fourth-order valence-electron chi connectivity index (χ4n) is 1.45. The van der Waals surface area contributed by atoms with E-state index >= 15 is 0 Å². The van der Waals surface area contributed by atoms with Gasteiger partial charge in [-0.25, -0.2) is 0 Å². The molecular formula is C16H29IO3Si. The number of hydrogen-bond donors (Lipinski definition) is 0. The molecule has 0 amide bonds. The van der Waals surface area contributed by atoms with Crippen molar-refractivity contribution in [2.75, 3.05) is 7.11 Å². The molecular weight excluding hydrogens is 395 g/mol. The molecule has 0 aromatic carbocycles. The Bertz CT molecular complexity index is 370. The number of rotatable bonds is 8. The van der Waals surface area contributed by atoms with Crippen LogP contribution in [-0.4, -0.2) is 27.5 Å². The van der Waals surface area contributed by atoms with Crippen molar-refractivity contribution in [3.05, 3.63) is 22.3 Å². The van der Waals surface area contributed by atoms with Crippen molar-refractivity contribution in [3.8, 4) is 0 Å². The molecule has 1 unspecified atom stereocenters. The van der Waals surface area contributed by atoms with Crippen LogP contribution >= 0.6 is 22.6 Å². The summed E-state index contributed by atoms with van der Waals surface area (Å²) in [5, 5.41) is 0.207. The summed E-state index contributed by atoms with van der Waals surface area (Å²) in [6, 6.07) is 0. The molecule has 0 rings (SSSR count). The van der Waals surface area contributed by atoms with Crippen LogP contribution in [-0.2, 0) is 14.0 Å². The van der Waals surface area contributed by atoms with Gasteiger partial charge in [0.2, 0.25) is 0 Å². The molecule has 0 aliphatic heterocycles. The summed E-state index contributed by atoms with van der Waals surface area (Å²) in [5.41, 5.74) is 0. The lowest BCUT2D eigenvalue weighted by molar-refractivity contribution is -0.140. The van der Waals surface area contributed by atoms with Crippen molar-refractivity contribution >= 4 is 36.9 Å². The minimum Gasteiger partial charge on any atom is -0.469 e. The molecule has 0 aliphatic rings. The molecule has 0 aromatic rings. The van der Waals surface area contributed by atoms with E-state index in [1.54, 1.807) is 0 Å². The van der Waals surface area contributed by atoms with E-state index in [1.165, 1.54) is 7.11 Å². The quantitative estimate of drug-likeness (QED) is 0.232. The number of carbonyl (C=O) groups excluding carboxylic acids is 1. The highest BCUT2D eigenvalue weighted by Crippen LogP contribution is 2.37. The number of hydrogen-bond acceptors (Lipinski definition) is 3. The Hall–Kier alpha value is -0.143. The number of methoxy groups -OCH3 is 1. The third kappa shape index (κ3) is 8.78. The van der Waals surface area contributed by atoms with Crippen molar-refractivity contribution in [2.24, 2.45) is 0 Å². The van der Waals surface area contributed by atoms with Crippen LogP contribution in [0.2, 0.25) is 18.1 Å². The normalized spacial score (nSPS) is 14.8. The topological polar surface area (TPSA) is 35.5 Å². The van der Waals surface area contributed by atoms with Gasteiger partial charge in [0, 0.05) is 6.42 Å². The zero-order chi connectivity index (χ0) is 16.5. The van der Waals surface area contributed by atoms with E-state index in [9.17, 15) is 4.79 Å². The van der Waals surface area contributed by atoms with E-state index in [4.69, 9.17) is 4.43 Å². The highest BCUT2D eigenvalue weighted by Gasteiger charge is 2.38. The molecule has 3 nitrogen and oxygen atoms in total. The minimum atomic E-state index is -1.76. The van der Waals surface area contributed by atoms with Crippen molar-refractivity contribution in [1.82, 2.24) is 0 Å². The van der Waals surface area contributed by atoms with E-state index in [0.717, 1.165) is 6.42 Å². The third-order valence-electron chi connectivity index (χ3n) is 3.82. The fourth-order valence-corrected chi connectivity index (χ4v) is 3.20. The Labute approximate surface area is 144 Å². The Kier molecular flexibility index (Phi) is 9.72. The summed E-state index contributed by atoms with van der Waals surface area (Å²) in [6.07, 6.45) is 8.32. The van der Waals surface area contributed by atoms with E-state index < -0.39 is 8.32 Å². The Morgan fingerprint density at radius 2 is 1.90 bits per heavy atom. The van der Waals surface area contributed by atoms with Crippen LogP contribution in [0.1, 0.15) is 40.0 Å². The zero-order valence-corrected chi connectivity index (χ0v) is 17.3. The second kappa shape index (κ2) is 9.79. The van der Waals surface area contributed by atoms with E-state index in [-0.39, 0.29) is 17.1 Å². The highest BCUT2D eigenvalue weighted by atomic mass is 127. The molecule has 0 N–H and O–H groups in total. The maximum Gasteiger partial charge on any atom is 0.305 e. The highest BCUT2D eigenvalue weighted by molar-refractivity contribution is 14.1. The number of esters is 1. The van der Waals surface area contributed by atoms with E-state index in [2.05, 4.69) is 73.3 Å². The van der Waals surface area contributed by atoms with E-state index in [1.807, 2.05) is 10.2 Å². The second-order valence-corrected chi connectivity index (χ2v) is 12.0. The van der Waals surface area contributed by atoms with Gasteiger partial charge in [-0.05, 0) is 35.1 Å². The first-order chi connectivity index (χ1) is 9.64. The van der Waals surface area contributed by atoms with Gasteiger partial charge in [0.25, 0.3) is 0 Å². The summed E-state index contributed by atoms with van der Waals surface area (Å²) in [4.78, 5) is 11.0. The maximum atomic E-state index is 11.0. The number of halogens is 1. The van der Waals surface area contributed by atoms with Crippen LogP contribution in [0.5, 0.6) is 0 Å². The molecule has 0 saturated heterocycles. The first kappa shape index (κ1) is 20.9. The third-order valence-corrected chi connectivity index (χ3v) is 8.74. The van der Waals surface area contributed by atoms with Gasteiger partial charge in [0.05, 0.1) is 13.2 Å². The summed E-state index contributed by atoms with van der Waals surface area (Å²) in [7, 11) is -0.343. The molecule has 0 spiro atoms.